The van der Waals surface area contributed by atoms with Gasteiger partial charge in [-0.1, -0.05) is 23.8 Å². The minimum Gasteiger partial charge on any atom is -0.497 e. The third kappa shape index (κ3) is 3.78. The zero-order valence-electron chi connectivity index (χ0n) is 13.7. The Hall–Kier alpha value is -1.96. The second-order valence-electron chi connectivity index (χ2n) is 5.85. The lowest BCUT2D eigenvalue weighted by atomic mass is 10.0. The van der Waals surface area contributed by atoms with Gasteiger partial charge in [-0.05, 0) is 63.1 Å². The van der Waals surface area contributed by atoms with E-state index >= 15 is 0 Å². The molecule has 0 fully saturated rings. The number of anilines is 1. The van der Waals surface area contributed by atoms with Crippen molar-refractivity contribution in [3.05, 3.63) is 59.2 Å². The maximum absolute atomic E-state index is 5.24. The Balaban J connectivity index is 2.26. The minimum atomic E-state index is 0.444. The Morgan fingerprint density at radius 3 is 2.19 bits per heavy atom. The van der Waals surface area contributed by atoms with Crippen LogP contribution in [0.4, 0.5) is 5.69 Å². The summed E-state index contributed by atoms with van der Waals surface area (Å²) in [7, 11) is 1.70. The van der Waals surface area contributed by atoms with Crippen LogP contribution in [0.5, 0.6) is 5.75 Å². The molecule has 2 rings (SSSR count). The van der Waals surface area contributed by atoms with Crippen LogP contribution in [0, 0.1) is 13.8 Å². The van der Waals surface area contributed by atoms with Gasteiger partial charge in [0.2, 0.25) is 0 Å². The van der Waals surface area contributed by atoms with Crippen molar-refractivity contribution in [2.75, 3.05) is 12.0 Å². The highest BCUT2D eigenvalue weighted by Crippen LogP contribution is 2.24. The van der Waals surface area contributed by atoms with Crippen LogP contribution in [-0.4, -0.2) is 13.2 Å². The largest absolute Gasteiger partial charge is 0.497 e. The van der Waals surface area contributed by atoms with E-state index in [1.807, 2.05) is 12.1 Å². The highest BCUT2D eigenvalue weighted by atomic mass is 16.5. The first-order valence-corrected chi connectivity index (χ1v) is 7.48. The van der Waals surface area contributed by atoms with Crippen LogP contribution in [0.1, 0.15) is 30.5 Å². The molecule has 0 radical (unpaired) electrons. The summed E-state index contributed by atoms with van der Waals surface area (Å²) in [6.07, 6.45) is 0. The van der Waals surface area contributed by atoms with Crippen molar-refractivity contribution >= 4 is 5.69 Å². The molecular weight excluding hydrogens is 258 g/mol. The molecule has 0 aliphatic rings. The minimum absolute atomic E-state index is 0.444. The molecule has 21 heavy (non-hydrogen) atoms. The summed E-state index contributed by atoms with van der Waals surface area (Å²) in [6, 6.07) is 15.4. The van der Waals surface area contributed by atoms with Crippen molar-refractivity contribution in [1.82, 2.24) is 0 Å². The van der Waals surface area contributed by atoms with Gasteiger partial charge in [0.25, 0.3) is 0 Å². The van der Waals surface area contributed by atoms with E-state index in [9.17, 15) is 0 Å². The summed E-state index contributed by atoms with van der Waals surface area (Å²) in [5, 5.41) is 0. The van der Waals surface area contributed by atoms with Crippen molar-refractivity contribution in [2.24, 2.45) is 0 Å². The molecule has 0 saturated carbocycles. The first-order chi connectivity index (χ1) is 10.0. The van der Waals surface area contributed by atoms with E-state index in [2.05, 4.69) is 62.9 Å². The van der Waals surface area contributed by atoms with Gasteiger partial charge in [-0.15, -0.1) is 0 Å². The Morgan fingerprint density at radius 1 is 1.00 bits per heavy atom. The lowest BCUT2D eigenvalue weighted by molar-refractivity contribution is 0.415. The van der Waals surface area contributed by atoms with Crippen LogP contribution in [0.2, 0.25) is 0 Å². The maximum Gasteiger partial charge on any atom is 0.119 e. The number of aryl methyl sites for hydroxylation is 2. The van der Waals surface area contributed by atoms with Crippen molar-refractivity contribution in [3.8, 4) is 5.75 Å². The first kappa shape index (κ1) is 15.4. The van der Waals surface area contributed by atoms with E-state index < -0.39 is 0 Å². The number of hydrogen-bond donors (Lipinski definition) is 0. The molecule has 2 aromatic rings. The van der Waals surface area contributed by atoms with E-state index in [1.54, 1.807) is 7.11 Å². The van der Waals surface area contributed by atoms with Gasteiger partial charge >= 0.3 is 0 Å². The SMILES string of the molecule is COc1ccc(N(Cc2ccc(C)cc2C)C(C)C)cc1. The van der Waals surface area contributed by atoms with Crippen LogP contribution in [0.15, 0.2) is 42.5 Å². The van der Waals surface area contributed by atoms with Gasteiger partial charge in [-0.2, -0.15) is 0 Å². The molecule has 0 saturated heterocycles. The zero-order chi connectivity index (χ0) is 15.4. The average molecular weight is 283 g/mol. The van der Waals surface area contributed by atoms with Crippen LogP contribution < -0.4 is 9.64 Å². The van der Waals surface area contributed by atoms with Gasteiger partial charge in [0.05, 0.1) is 7.11 Å². The fourth-order valence-electron chi connectivity index (χ4n) is 2.55. The van der Waals surface area contributed by atoms with Gasteiger partial charge in [-0.25, -0.2) is 0 Å². The molecular formula is C19H25NO. The fraction of sp³-hybridized carbons (Fsp3) is 0.368. The van der Waals surface area contributed by atoms with E-state index in [4.69, 9.17) is 4.74 Å². The fourth-order valence-corrected chi connectivity index (χ4v) is 2.55. The average Bonchev–Trinajstić information content (AvgIpc) is 2.46. The molecule has 0 bridgehead atoms. The van der Waals surface area contributed by atoms with Gasteiger partial charge in [-0.3, -0.25) is 0 Å². The Labute approximate surface area is 128 Å². The number of hydrogen-bond acceptors (Lipinski definition) is 2. The molecule has 0 amide bonds. The maximum atomic E-state index is 5.24. The number of ether oxygens (including phenoxy) is 1. The van der Waals surface area contributed by atoms with E-state index in [1.165, 1.54) is 22.4 Å². The smallest absolute Gasteiger partial charge is 0.119 e. The second-order valence-corrected chi connectivity index (χ2v) is 5.85. The third-order valence-corrected chi connectivity index (χ3v) is 3.87. The molecule has 0 aliphatic heterocycles. The number of rotatable bonds is 5. The molecule has 0 atom stereocenters. The molecule has 0 spiro atoms. The van der Waals surface area contributed by atoms with Gasteiger partial charge in [0, 0.05) is 18.3 Å². The summed E-state index contributed by atoms with van der Waals surface area (Å²) in [5.74, 6) is 0.897. The summed E-state index contributed by atoms with van der Waals surface area (Å²) in [5.41, 5.74) is 5.28. The number of benzene rings is 2. The van der Waals surface area contributed by atoms with Crippen LogP contribution in [0.3, 0.4) is 0 Å². The van der Waals surface area contributed by atoms with Crippen molar-refractivity contribution < 1.29 is 4.74 Å². The van der Waals surface area contributed by atoms with E-state index in [-0.39, 0.29) is 0 Å². The molecule has 2 heteroatoms. The topological polar surface area (TPSA) is 12.5 Å². The Morgan fingerprint density at radius 2 is 1.67 bits per heavy atom. The van der Waals surface area contributed by atoms with Crippen molar-refractivity contribution in [1.29, 1.82) is 0 Å². The molecule has 0 aliphatic carbocycles. The van der Waals surface area contributed by atoms with Gasteiger partial charge in [0.15, 0.2) is 0 Å². The third-order valence-electron chi connectivity index (χ3n) is 3.87. The summed E-state index contributed by atoms with van der Waals surface area (Å²) >= 11 is 0. The molecule has 0 heterocycles. The molecule has 2 aromatic carbocycles. The lowest BCUT2D eigenvalue weighted by Crippen LogP contribution is -2.30. The highest BCUT2D eigenvalue weighted by Gasteiger charge is 2.12. The van der Waals surface area contributed by atoms with E-state index in [0.717, 1.165) is 12.3 Å². The molecule has 2 nitrogen and oxygen atoms in total. The highest BCUT2D eigenvalue weighted by molar-refractivity contribution is 5.50. The van der Waals surface area contributed by atoms with Crippen LogP contribution in [0.25, 0.3) is 0 Å². The van der Waals surface area contributed by atoms with Gasteiger partial charge in [0.1, 0.15) is 5.75 Å². The second kappa shape index (κ2) is 6.66. The standard InChI is InChI=1S/C19H25NO/c1-14(2)20(18-8-10-19(21-5)11-9-18)13-17-7-6-15(3)12-16(17)4/h6-12,14H,13H2,1-5H3. The predicted molar refractivity (Wildman–Crippen MR) is 90.2 cm³/mol. The monoisotopic (exact) mass is 283 g/mol. The van der Waals surface area contributed by atoms with Gasteiger partial charge < -0.3 is 9.64 Å². The summed E-state index contributed by atoms with van der Waals surface area (Å²) < 4.78 is 5.24. The van der Waals surface area contributed by atoms with Crippen LogP contribution in [-0.2, 0) is 6.54 Å². The molecule has 0 unspecified atom stereocenters. The molecule has 0 aromatic heterocycles. The number of nitrogens with zero attached hydrogens (tertiary/aromatic N) is 1. The Kier molecular flexibility index (Phi) is 4.89. The van der Waals surface area contributed by atoms with Crippen molar-refractivity contribution in [3.63, 3.8) is 0 Å². The summed E-state index contributed by atoms with van der Waals surface area (Å²) in [6.45, 7) is 9.72. The first-order valence-electron chi connectivity index (χ1n) is 7.48. The quantitative estimate of drug-likeness (QED) is 0.786. The summed E-state index contributed by atoms with van der Waals surface area (Å²) in [4.78, 5) is 2.41. The lowest BCUT2D eigenvalue weighted by Gasteiger charge is -2.30. The molecule has 0 N–H and O–H groups in total. The zero-order valence-corrected chi connectivity index (χ0v) is 13.7. The Bertz CT molecular complexity index is 587. The normalized spacial score (nSPS) is 10.8. The predicted octanol–water partition coefficient (Wildman–Crippen LogP) is 4.73. The number of methoxy groups -OCH3 is 1. The van der Waals surface area contributed by atoms with Crippen LogP contribution >= 0.6 is 0 Å². The van der Waals surface area contributed by atoms with Crippen molar-refractivity contribution in [2.45, 2.75) is 40.3 Å². The van der Waals surface area contributed by atoms with E-state index in [0.29, 0.717) is 6.04 Å². The molecule has 112 valence electrons.